The molecule has 1 heterocycles. The van der Waals surface area contributed by atoms with Gasteiger partial charge in [-0.1, -0.05) is 62.2 Å². The van der Waals surface area contributed by atoms with Crippen molar-refractivity contribution in [3.05, 3.63) is 93.0 Å². The summed E-state index contributed by atoms with van der Waals surface area (Å²) in [7, 11) is 1.36. The molecule has 0 unspecified atom stereocenters. The molecule has 4 atom stereocenters. The molecule has 13 nitrogen and oxygen atoms in total. The summed E-state index contributed by atoms with van der Waals surface area (Å²) in [5, 5.41) is 25.7. The van der Waals surface area contributed by atoms with Crippen LogP contribution in [-0.2, 0) is 38.6 Å². The van der Waals surface area contributed by atoms with Crippen molar-refractivity contribution < 1.29 is 56.6 Å². The maximum atomic E-state index is 16.1. The van der Waals surface area contributed by atoms with Crippen molar-refractivity contribution in [3.8, 4) is 11.8 Å². The van der Waals surface area contributed by atoms with Crippen molar-refractivity contribution in [2.75, 3.05) is 91.7 Å². The van der Waals surface area contributed by atoms with Crippen LogP contribution in [0.15, 0.2) is 54.6 Å². The Balaban J connectivity index is 0.00000992. The minimum atomic E-state index is -1.81. The zero-order valence-corrected chi connectivity index (χ0v) is 36.9. The molecule has 1 saturated heterocycles. The molecule has 4 rings (SSSR count). The third kappa shape index (κ3) is 14.4. The number of nitrogens with one attached hydrogen (secondary N) is 2. The third-order valence-electron chi connectivity index (χ3n) is 9.61. The van der Waals surface area contributed by atoms with E-state index < -0.39 is 52.3 Å². The summed E-state index contributed by atoms with van der Waals surface area (Å²) in [6.07, 6.45) is 0.294. The second-order valence-corrected chi connectivity index (χ2v) is 15.9. The molecule has 3 aromatic rings. The Morgan fingerprint density at radius 2 is 1.46 bits per heavy atom. The van der Waals surface area contributed by atoms with Gasteiger partial charge in [0.15, 0.2) is 0 Å². The summed E-state index contributed by atoms with van der Waals surface area (Å²) in [6, 6.07) is 12.7. The van der Waals surface area contributed by atoms with Crippen LogP contribution in [0, 0.1) is 28.4 Å². The molecule has 1 aliphatic heterocycles. The van der Waals surface area contributed by atoms with Crippen molar-refractivity contribution >= 4 is 53.2 Å². The van der Waals surface area contributed by atoms with Gasteiger partial charge in [0.05, 0.1) is 108 Å². The molecule has 0 saturated carbocycles. The number of aliphatic hydroxyl groups is 1. The van der Waals surface area contributed by atoms with Crippen LogP contribution in [0.3, 0.4) is 0 Å². The number of esters is 1. The second kappa shape index (κ2) is 25.4. The van der Waals surface area contributed by atoms with Gasteiger partial charge < -0.3 is 48.9 Å². The number of anilines is 1. The number of carbonyl (C=O) groups excluding carboxylic acids is 2. The van der Waals surface area contributed by atoms with Gasteiger partial charge in [0.2, 0.25) is 5.91 Å². The summed E-state index contributed by atoms with van der Waals surface area (Å²) < 4.78 is 69.7. The molecule has 0 bridgehead atoms. The van der Waals surface area contributed by atoms with E-state index in [1.54, 1.807) is 0 Å². The zero-order valence-electron chi connectivity index (χ0n) is 34.6. The van der Waals surface area contributed by atoms with E-state index in [1.165, 1.54) is 55.6 Å². The van der Waals surface area contributed by atoms with Gasteiger partial charge >= 0.3 is 5.97 Å². The molecule has 18 heteroatoms. The monoisotopic (exact) mass is 915 g/mol. The Morgan fingerprint density at radius 3 is 2.00 bits per heavy atom. The largest absolute Gasteiger partial charge is 0.495 e. The van der Waals surface area contributed by atoms with Gasteiger partial charge in [0.1, 0.15) is 29.4 Å². The number of carbonyl (C=O) groups is 2. The van der Waals surface area contributed by atoms with Gasteiger partial charge in [-0.2, -0.15) is 5.26 Å². The molecule has 0 radical (unpaired) electrons. The topological polar surface area (TPSA) is 167 Å². The molecule has 0 aromatic heterocycles. The fourth-order valence-corrected chi connectivity index (χ4v) is 7.35. The van der Waals surface area contributed by atoms with E-state index >= 15 is 8.78 Å². The second-order valence-electron chi connectivity index (χ2n) is 15.0. The normalized spacial score (nSPS) is 18.6. The van der Waals surface area contributed by atoms with Crippen LogP contribution in [0.2, 0.25) is 10.0 Å². The summed E-state index contributed by atoms with van der Waals surface area (Å²) in [5.41, 5.74) is -2.02. The molecule has 336 valence electrons. The lowest BCUT2D eigenvalue weighted by Crippen LogP contribution is -2.45. The van der Waals surface area contributed by atoms with E-state index in [9.17, 15) is 14.9 Å². The predicted molar refractivity (Wildman–Crippen MR) is 228 cm³/mol. The lowest BCUT2D eigenvalue weighted by Gasteiger charge is -2.37. The minimum Gasteiger partial charge on any atom is -0.495 e. The van der Waals surface area contributed by atoms with Gasteiger partial charge in [-0.3, -0.25) is 4.79 Å². The van der Waals surface area contributed by atoms with Crippen molar-refractivity contribution in [3.63, 3.8) is 0 Å². The number of ether oxygens (including phenoxy) is 7. The first-order valence-corrected chi connectivity index (χ1v) is 20.2. The Labute approximate surface area is 371 Å². The van der Waals surface area contributed by atoms with Gasteiger partial charge in [-0.15, -0.1) is 12.4 Å². The number of rotatable bonds is 24. The highest BCUT2D eigenvalue weighted by Gasteiger charge is 2.61. The van der Waals surface area contributed by atoms with E-state index in [1.807, 2.05) is 20.8 Å². The maximum absolute atomic E-state index is 16.1. The lowest BCUT2D eigenvalue weighted by atomic mass is 9.62. The molecule has 1 amide bonds. The average Bonchev–Trinajstić information content (AvgIpc) is 3.52. The van der Waals surface area contributed by atoms with Crippen LogP contribution >= 0.6 is 35.6 Å². The third-order valence-corrected chi connectivity index (χ3v) is 10.1. The molecule has 3 aromatic carbocycles. The minimum absolute atomic E-state index is 0. The molecule has 1 aliphatic rings. The first kappa shape index (κ1) is 51.7. The first-order chi connectivity index (χ1) is 28.8. The summed E-state index contributed by atoms with van der Waals surface area (Å²) in [4.78, 5) is 27.3. The number of amides is 1. The molecule has 0 spiro atoms. The average molecular weight is 917 g/mol. The number of nitrogens with zero attached hydrogens (tertiary/aromatic N) is 1. The van der Waals surface area contributed by atoms with Crippen molar-refractivity contribution in [2.24, 2.45) is 5.41 Å². The van der Waals surface area contributed by atoms with Crippen LogP contribution in [0.25, 0.3) is 0 Å². The Kier molecular flexibility index (Phi) is 21.6. The van der Waals surface area contributed by atoms with Crippen molar-refractivity contribution in [1.29, 1.82) is 5.26 Å². The zero-order chi connectivity index (χ0) is 43.7. The van der Waals surface area contributed by atoms with E-state index in [-0.39, 0.29) is 83.6 Å². The molecular formula is C43H54Cl3F2N3O10. The number of aliphatic hydroxyl groups excluding tert-OH is 1. The molecule has 0 aliphatic carbocycles. The molecular weight excluding hydrogens is 863 g/mol. The number of nitriles is 1. The standard InChI is InChI=1S/C43H53Cl2F2N3O10.ClH/c1-42(2,3)26-36-43(27-48,31-10-9-29(44)25-33(31)46)37(30-6-5-7-32(45)38(30)47)39(50-36)40(52)49-34-11-8-28(24-35(34)54-4)41(53)60-23-22-59-21-20-58-19-18-57-17-16-56-15-14-55-13-12-51;/h5-11,24-25,36-37,39,50-51H,12-23,26H2,1-4H3,(H,49,52);1H/t36-,37-,39+,43-;/m0./s1. The van der Waals surface area contributed by atoms with Crippen LogP contribution in [-0.4, -0.2) is 115 Å². The van der Waals surface area contributed by atoms with Gasteiger partial charge in [0, 0.05) is 22.5 Å². The fraction of sp³-hybridized carbons (Fsp3) is 0.512. The Morgan fingerprint density at radius 1 is 0.869 bits per heavy atom. The fourth-order valence-electron chi connectivity index (χ4n) is 7.01. The maximum Gasteiger partial charge on any atom is 0.338 e. The summed E-state index contributed by atoms with van der Waals surface area (Å²) >= 11 is 12.4. The number of halogens is 5. The quantitative estimate of drug-likeness (QED) is 0.0630. The van der Waals surface area contributed by atoms with E-state index in [0.717, 1.165) is 6.07 Å². The lowest BCUT2D eigenvalue weighted by molar-refractivity contribution is -0.118. The van der Waals surface area contributed by atoms with Gasteiger partial charge in [-0.05, 0) is 53.8 Å². The van der Waals surface area contributed by atoms with Crippen molar-refractivity contribution in [2.45, 2.75) is 50.6 Å². The smallest absolute Gasteiger partial charge is 0.338 e. The molecule has 61 heavy (non-hydrogen) atoms. The van der Waals surface area contributed by atoms with Crippen molar-refractivity contribution in [1.82, 2.24) is 5.32 Å². The van der Waals surface area contributed by atoms with Crippen LogP contribution < -0.4 is 15.4 Å². The summed E-state index contributed by atoms with van der Waals surface area (Å²) in [5.74, 6) is -4.11. The molecule has 1 fully saturated rings. The van der Waals surface area contributed by atoms with E-state index in [4.69, 9.17) is 61.5 Å². The molecule has 3 N–H and O–H groups in total. The summed E-state index contributed by atoms with van der Waals surface area (Å²) in [6.45, 7) is 9.21. The highest BCUT2D eigenvalue weighted by atomic mass is 35.5. The first-order valence-electron chi connectivity index (χ1n) is 19.5. The number of methoxy groups -OCH3 is 1. The van der Waals surface area contributed by atoms with Crippen LogP contribution in [0.5, 0.6) is 5.75 Å². The van der Waals surface area contributed by atoms with E-state index in [0.29, 0.717) is 52.7 Å². The Hall–Kier alpha value is -3.66. The predicted octanol–water partition coefficient (Wildman–Crippen LogP) is 6.89. The SMILES string of the molecule is COc1cc(C(=O)OCCOCCOCCOCCOCCOCCO)ccc1NC(=O)[C@@H]1N[C@@H](CC(C)(C)C)[C@](C#N)(c2ccc(Cl)cc2F)[C@H]1c1cccc(Cl)c1F.Cl. The van der Waals surface area contributed by atoms with Gasteiger partial charge in [-0.25, -0.2) is 13.6 Å². The highest BCUT2D eigenvalue weighted by Crippen LogP contribution is 2.53. The van der Waals surface area contributed by atoms with Gasteiger partial charge in [0.25, 0.3) is 0 Å². The number of hydrogen-bond acceptors (Lipinski definition) is 12. The highest BCUT2D eigenvalue weighted by molar-refractivity contribution is 6.31. The number of benzene rings is 3. The van der Waals surface area contributed by atoms with E-state index in [2.05, 4.69) is 16.7 Å². The van der Waals surface area contributed by atoms with Crippen LogP contribution in [0.4, 0.5) is 14.5 Å². The Bertz CT molecular complexity index is 1920. The number of hydrogen-bond donors (Lipinski definition) is 3. The van der Waals surface area contributed by atoms with Crippen LogP contribution in [0.1, 0.15) is 54.6 Å².